The van der Waals surface area contributed by atoms with Gasteiger partial charge in [-0.15, -0.1) is 0 Å². The third kappa shape index (κ3) is 2.49. The molecule has 2 N–H and O–H groups in total. The zero-order chi connectivity index (χ0) is 13.2. The highest BCUT2D eigenvalue weighted by Gasteiger charge is 2.30. The minimum Gasteiger partial charge on any atom is -0.296 e. The second-order valence-electron chi connectivity index (χ2n) is 4.24. The summed E-state index contributed by atoms with van der Waals surface area (Å²) in [7, 11) is 0. The Kier molecular flexibility index (Phi) is 3.50. The van der Waals surface area contributed by atoms with E-state index in [1.807, 2.05) is 42.5 Å². The molecule has 0 saturated carbocycles. The summed E-state index contributed by atoms with van der Waals surface area (Å²) < 4.78 is 1.05. The lowest BCUT2D eigenvalue weighted by atomic mass is 10.1. The monoisotopic (exact) mass is 333 g/mol. The van der Waals surface area contributed by atoms with E-state index in [1.54, 1.807) is 0 Å². The molecule has 0 aliphatic carbocycles. The second-order valence-corrected chi connectivity index (χ2v) is 5.54. The van der Waals surface area contributed by atoms with E-state index in [0.29, 0.717) is 5.11 Å². The van der Waals surface area contributed by atoms with Gasteiger partial charge in [0.05, 0.1) is 0 Å². The molecular formula is C14H12BrN3S. The van der Waals surface area contributed by atoms with Crippen LogP contribution in [0.4, 0.5) is 5.69 Å². The van der Waals surface area contributed by atoms with E-state index in [2.05, 4.69) is 43.8 Å². The van der Waals surface area contributed by atoms with Crippen molar-refractivity contribution in [3.63, 3.8) is 0 Å². The summed E-state index contributed by atoms with van der Waals surface area (Å²) >= 11 is 8.87. The lowest BCUT2D eigenvalue weighted by molar-refractivity contribution is 0.586. The number of nitrogens with zero attached hydrogens (tertiary/aromatic N) is 1. The van der Waals surface area contributed by atoms with Crippen molar-refractivity contribution in [2.24, 2.45) is 0 Å². The van der Waals surface area contributed by atoms with E-state index >= 15 is 0 Å². The molecule has 1 saturated heterocycles. The third-order valence-electron chi connectivity index (χ3n) is 2.99. The predicted molar refractivity (Wildman–Crippen MR) is 84.7 cm³/mol. The van der Waals surface area contributed by atoms with Crippen LogP contribution < -0.4 is 15.8 Å². The topological polar surface area (TPSA) is 27.3 Å². The lowest BCUT2D eigenvalue weighted by Crippen LogP contribution is -2.29. The quantitative estimate of drug-likeness (QED) is 0.824. The molecule has 2 aromatic rings. The molecular weight excluding hydrogens is 322 g/mol. The zero-order valence-electron chi connectivity index (χ0n) is 10.0. The number of thiocarbonyl (C=S) groups is 1. The lowest BCUT2D eigenvalue weighted by Gasteiger charge is -2.24. The van der Waals surface area contributed by atoms with Gasteiger partial charge in [0.1, 0.15) is 6.17 Å². The Morgan fingerprint density at radius 2 is 1.84 bits per heavy atom. The number of benzene rings is 2. The maximum absolute atomic E-state index is 5.37. The highest BCUT2D eigenvalue weighted by molar-refractivity contribution is 9.10. The van der Waals surface area contributed by atoms with Gasteiger partial charge in [0.15, 0.2) is 5.11 Å². The second kappa shape index (κ2) is 5.28. The number of halogens is 1. The SMILES string of the molecule is S=C1NNC(c2cccc(Br)c2)N1c1ccccc1. The van der Waals surface area contributed by atoms with Gasteiger partial charge in [-0.3, -0.25) is 10.3 Å². The molecule has 1 fully saturated rings. The van der Waals surface area contributed by atoms with Gasteiger partial charge in [-0.25, -0.2) is 5.43 Å². The molecule has 1 unspecified atom stereocenters. The van der Waals surface area contributed by atoms with Crippen LogP contribution in [0.2, 0.25) is 0 Å². The summed E-state index contributed by atoms with van der Waals surface area (Å²) in [5, 5.41) is 0.677. The van der Waals surface area contributed by atoms with Crippen LogP contribution in [0, 0.1) is 0 Å². The van der Waals surface area contributed by atoms with E-state index in [0.717, 1.165) is 15.7 Å². The van der Waals surface area contributed by atoms with Crippen molar-refractivity contribution in [3.8, 4) is 0 Å². The van der Waals surface area contributed by atoms with E-state index < -0.39 is 0 Å². The van der Waals surface area contributed by atoms with Crippen molar-refractivity contribution in [1.82, 2.24) is 10.9 Å². The van der Waals surface area contributed by atoms with Gasteiger partial charge in [-0.2, -0.15) is 0 Å². The van der Waals surface area contributed by atoms with Crippen LogP contribution in [0.1, 0.15) is 11.7 Å². The Labute approximate surface area is 125 Å². The highest BCUT2D eigenvalue weighted by Crippen LogP contribution is 2.29. The summed E-state index contributed by atoms with van der Waals surface area (Å²) in [5.41, 5.74) is 8.45. The summed E-state index contributed by atoms with van der Waals surface area (Å²) in [5.74, 6) is 0. The van der Waals surface area contributed by atoms with E-state index in [-0.39, 0.29) is 6.17 Å². The minimum atomic E-state index is -0.00704. The molecule has 1 heterocycles. The van der Waals surface area contributed by atoms with Crippen molar-refractivity contribution >= 4 is 38.9 Å². The Bertz CT molecular complexity index is 603. The number of hydrogen-bond donors (Lipinski definition) is 2. The molecule has 1 atom stereocenters. The molecule has 0 radical (unpaired) electrons. The van der Waals surface area contributed by atoms with Gasteiger partial charge in [-0.1, -0.05) is 46.3 Å². The molecule has 0 bridgehead atoms. The maximum atomic E-state index is 5.37. The number of para-hydroxylation sites is 1. The summed E-state index contributed by atoms with van der Waals surface area (Å²) in [6.45, 7) is 0. The normalized spacial score (nSPS) is 18.5. The number of anilines is 1. The fourth-order valence-electron chi connectivity index (χ4n) is 2.14. The van der Waals surface area contributed by atoms with Crippen LogP contribution in [-0.2, 0) is 0 Å². The Morgan fingerprint density at radius 1 is 1.05 bits per heavy atom. The summed E-state index contributed by atoms with van der Waals surface area (Å²) in [6.07, 6.45) is -0.00704. The zero-order valence-corrected chi connectivity index (χ0v) is 12.4. The van der Waals surface area contributed by atoms with Crippen LogP contribution in [0.25, 0.3) is 0 Å². The first kappa shape index (κ1) is 12.6. The Balaban J connectivity index is 1.99. The first-order chi connectivity index (χ1) is 9.25. The summed E-state index contributed by atoms with van der Waals surface area (Å²) in [4.78, 5) is 2.07. The van der Waals surface area contributed by atoms with Crippen LogP contribution in [0.5, 0.6) is 0 Å². The number of hydrazine groups is 1. The van der Waals surface area contributed by atoms with E-state index in [9.17, 15) is 0 Å². The van der Waals surface area contributed by atoms with Crippen molar-refractivity contribution in [1.29, 1.82) is 0 Å². The summed E-state index contributed by atoms with van der Waals surface area (Å²) in [6, 6.07) is 18.3. The molecule has 0 spiro atoms. The number of hydrogen-bond acceptors (Lipinski definition) is 2. The molecule has 3 rings (SSSR count). The van der Waals surface area contributed by atoms with Crippen molar-refractivity contribution in [3.05, 3.63) is 64.6 Å². The van der Waals surface area contributed by atoms with Gasteiger partial charge in [0.2, 0.25) is 0 Å². The minimum absolute atomic E-state index is 0.00704. The number of rotatable bonds is 2. The van der Waals surface area contributed by atoms with E-state index in [4.69, 9.17) is 12.2 Å². The van der Waals surface area contributed by atoms with Gasteiger partial charge in [0, 0.05) is 10.2 Å². The fraction of sp³-hybridized carbons (Fsp3) is 0.0714. The van der Waals surface area contributed by atoms with Crippen LogP contribution in [-0.4, -0.2) is 5.11 Å². The first-order valence-electron chi connectivity index (χ1n) is 5.91. The van der Waals surface area contributed by atoms with Crippen molar-refractivity contribution in [2.75, 3.05) is 4.90 Å². The number of nitrogens with one attached hydrogen (secondary N) is 2. The van der Waals surface area contributed by atoms with Crippen LogP contribution in [0.3, 0.4) is 0 Å². The average molecular weight is 334 g/mol. The van der Waals surface area contributed by atoms with Gasteiger partial charge in [0.25, 0.3) is 0 Å². The fourth-order valence-corrected chi connectivity index (χ4v) is 2.82. The van der Waals surface area contributed by atoms with Crippen LogP contribution >= 0.6 is 28.1 Å². The van der Waals surface area contributed by atoms with Gasteiger partial charge < -0.3 is 0 Å². The van der Waals surface area contributed by atoms with E-state index in [1.165, 1.54) is 0 Å². The standard InChI is InChI=1S/C14H12BrN3S/c15-11-6-4-5-10(9-11)13-16-17-14(19)18(13)12-7-2-1-3-8-12/h1-9,13,16H,(H,17,19). The Hall–Kier alpha value is -1.43. The smallest absolute Gasteiger partial charge is 0.189 e. The molecule has 5 heteroatoms. The molecule has 0 amide bonds. The molecule has 3 nitrogen and oxygen atoms in total. The Morgan fingerprint density at radius 3 is 2.58 bits per heavy atom. The first-order valence-corrected chi connectivity index (χ1v) is 7.11. The third-order valence-corrected chi connectivity index (χ3v) is 3.78. The molecule has 2 aromatic carbocycles. The van der Waals surface area contributed by atoms with Crippen molar-refractivity contribution < 1.29 is 0 Å². The largest absolute Gasteiger partial charge is 0.296 e. The van der Waals surface area contributed by atoms with Gasteiger partial charge >= 0.3 is 0 Å². The highest BCUT2D eigenvalue weighted by atomic mass is 79.9. The van der Waals surface area contributed by atoms with Gasteiger partial charge in [-0.05, 0) is 42.0 Å². The molecule has 19 heavy (non-hydrogen) atoms. The molecule has 1 aliphatic rings. The molecule has 96 valence electrons. The average Bonchev–Trinajstić information content (AvgIpc) is 2.82. The van der Waals surface area contributed by atoms with Crippen LogP contribution in [0.15, 0.2) is 59.1 Å². The van der Waals surface area contributed by atoms with Crippen molar-refractivity contribution in [2.45, 2.75) is 6.17 Å². The molecule has 0 aromatic heterocycles. The molecule has 1 aliphatic heterocycles. The predicted octanol–water partition coefficient (Wildman–Crippen LogP) is 3.35. The maximum Gasteiger partial charge on any atom is 0.189 e.